The lowest BCUT2D eigenvalue weighted by atomic mass is 10.1. The van der Waals surface area contributed by atoms with E-state index >= 15 is 0 Å². The molecule has 40 heavy (non-hydrogen) atoms. The first-order valence-electron chi connectivity index (χ1n) is 13.2. The summed E-state index contributed by atoms with van der Waals surface area (Å²) < 4.78 is 17.5. The number of fused-ring (bicyclic) bond motifs is 2. The highest BCUT2D eigenvalue weighted by Gasteiger charge is 2.36. The van der Waals surface area contributed by atoms with Crippen LogP contribution in [0.2, 0.25) is 0 Å². The third kappa shape index (κ3) is 7.07. The average molecular weight is 544 g/mol. The van der Waals surface area contributed by atoms with Crippen LogP contribution >= 0.6 is 0 Å². The SMILES string of the molecule is C=C(COCc1ccccc1)c1ccc2c(c1)N(C(=O)OC(C)(C)C)Cc1cccnc1N2C(=O)OC(C)(C)C. The van der Waals surface area contributed by atoms with Crippen molar-refractivity contribution in [2.75, 3.05) is 16.4 Å². The number of ether oxygens (including phenoxy) is 3. The fourth-order valence-electron chi connectivity index (χ4n) is 4.20. The molecule has 210 valence electrons. The van der Waals surface area contributed by atoms with Crippen molar-refractivity contribution in [1.82, 2.24) is 4.98 Å². The normalized spacial score (nSPS) is 13.2. The molecule has 2 aromatic carbocycles. The number of pyridine rings is 1. The summed E-state index contributed by atoms with van der Waals surface area (Å²) in [5.74, 6) is 0.391. The minimum atomic E-state index is -0.742. The predicted molar refractivity (Wildman–Crippen MR) is 157 cm³/mol. The minimum absolute atomic E-state index is 0.144. The lowest BCUT2D eigenvalue weighted by molar-refractivity contribution is 0.0571. The van der Waals surface area contributed by atoms with Crippen LogP contribution in [0.25, 0.3) is 5.57 Å². The van der Waals surface area contributed by atoms with E-state index in [0.717, 1.165) is 16.7 Å². The Labute approximate surface area is 236 Å². The summed E-state index contributed by atoms with van der Waals surface area (Å²) in [6, 6.07) is 19.0. The van der Waals surface area contributed by atoms with Gasteiger partial charge >= 0.3 is 12.2 Å². The smallest absolute Gasteiger partial charge is 0.420 e. The number of anilines is 3. The van der Waals surface area contributed by atoms with Gasteiger partial charge in [-0.2, -0.15) is 0 Å². The Morgan fingerprint density at radius 3 is 2.23 bits per heavy atom. The molecule has 0 radical (unpaired) electrons. The second-order valence-electron chi connectivity index (χ2n) is 11.7. The Morgan fingerprint density at radius 2 is 1.55 bits per heavy atom. The molecule has 0 saturated carbocycles. The van der Waals surface area contributed by atoms with Gasteiger partial charge < -0.3 is 14.2 Å². The molecule has 2 amide bonds. The number of aromatic nitrogens is 1. The van der Waals surface area contributed by atoms with Crippen LogP contribution < -0.4 is 9.80 Å². The lowest BCUT2D eigenvalue weighted by Gasteiger charge is -2.29. The van der Waals surface area contributed by atoms with Crippen molar-refractivity contribution in [2.45, 2.75) is 65.9 Å². The molecule has 0 atom stereocenters. The molecule has 0 fully saturated rings. The Kier molecular flexibility index (Phi) is 8.30. The number of amides is 2. The van der Waals surface area contributed by atoms with E-state index in [2.05, 4.69) is 11.6 Å². The van der Waals surface area contributed by atoms with Crippen LogP contribution in [0.3, 0.4) is 0 Å². The highest BCUT2D eigenvalue weighted by molar-refractivity contribution is 6.04. The average Bonchev–Trinajstić information content (AvgIpc) is 3.01. The van der Waals surface area contributed by atoms with Crippen LogP contribution in [0, 0.1) is 0 Å². The first-order chi connectivity index (χ1) is 18.8. The van der Waals surface area contributed by atoms with Gasteiger partial charge in [-0.1, -0.05) is 49.0 Å². The molecule has 8 nitrogen and oxygen atoms in total. The molecule has 1 aliphatic rings. The molecule has 1 aromatic heterocycles. The van der Waals surface area contributed by atoms with Gasteiger partial charge in [-0.05, 0) is 76.4 Å². The van der Waals surface area contributed by atoms with Crippen LogP contribution in [0.5, 0.6) is 0 Å². The van der Waals surface area contributed by atoms with E-state index in [1.807, 2.05) is 69.3 Å². The predicted octanol–water partition coefficient (Wildman–Crippen LogP) is 7.64. The summed E-state index contributed by atoms with van der Waals surface area (Å²) in [5, 5.41) is 0. The van der Waals surface area contributed by atoms with Crippen molar-refractivity contribution in [3.8, 4) is 0 Å². The molecule has 1 aliphatic heterocycles. The molecule has 0 unspecified atom stereocenters. The van der Waals surface area contributed by atoms with Crippen LogP contribution in [0.1, 0.15) is 58.2 Å². The second kappa shape index (κ2) is 11.5. The van der Waals surface area contributed by atoms with Crippen LogP contribution in [-0.2, 0) is 27.4 Å². The molecular weight excluding hydrogens is 506 g/mol. The van der Waals surface area contributed by atoms with Crippen molar-refractivity contribution in [2.24, 2.45) is 0 Å². The van der Waals surface area contributed by atoms with Crippen molar-refractivity contribution >= 4 is 35.0 Å². The van der Waals surface area contributed by atoms with Gasteiger partial charge in [0.25, 0.3) is 0 Å². The number of hydrogen-bond donors (Lipinski definition) is 0. The number of carbonyl (C=O) groups is 2. The fraction of sp³-hybridized carbons (Fsp3) is 0.344. The molecule has 3 aromatic rings. The molecule has 8 heteroatoms. The number of nitrogens with zero attached hydrogens (tertiary/aromatic N) is 3. The summed E-state index contributed by atoms with van der Waals surface area (Å²) in [6.07, 6.45) is 0.467. The monoisotopic (exact) mass is 543 g/mol. The molecular formula is C32H37N3O5. The van der Waals surface area contributed by atoms with Crippen LogP contribution in [0.4, 0.5) is 26.8 Å². The number of benzene rings is 2. The fourth-order valence-corrected chi connectivity index (χ4v) is 4.20. The summed E-state index contributed by atoms with van der Waals surface area (Å²) >= 11 is 0. The Bertz CT molecular complexity index is 1390. The maximum absolute atomic E-state index is 13.6. The molecule has 0 N–H and O–H groups in total. The second-order valence-corrected chi connectivity index (χ2v) is 11.7. The lowest BCUT2D eigenvalue weighted by Crippen LogP contribution is -2.37. The van der Waals surface area contributed by atoms with E-state index < -0.39 is 23.4 Å². The maximum Gasteiger partial charge on any atom is 0.420 e. The summed E-state index contributed by atoms with van der Waals surface area (Å²) in [5.41, 5.74) is 2.68. The molecule has 4 rings (SSSR count). The number of carbonyl (C=O) groups excluding carboxylic acids is 2. The number of hydrogen-bond acceptors (Lipinski definition) is 6. The number of rotatable bonds is 5. The van der Waals surface area contributed by atoms with E-state index in [1.165, 1.54) is 9.80 Å². The van der Waals surface area contributed by atoms with Crippen molar-refractivity contribution in [3.63, 3.8) is 0 Å². The van der Waals surface area contributed by atoms with Gasteiger partial charge in [0, 0.05) is 11.8 Å². The van der Waals surface area contributed by atoms with Crippen molar-refractivity contribution < 1.29 is 23.8 Å². The summed E-state index contributed by atoms with van der Waals surface area (Å²) in [7, 11) is 0. The topological polar surface area (TPSA) is 81.2 Å². The van der Waals surface area contributed by atoms with E-state index in [1.54, 1.807) is 39.1 Å². The van der Waals surface area contributed by atoms with Crippen LogP contribution in [0.15, 0.2) is 73.4 Å². The summed E-state index contributed by atoms with van der Waals surface area (Å²) in [4.78, 5) is 34.6. The Morgan fingerprint density at radius 1 is 0.875 bits per heavy atom. The Balaban J connectivity index is 1.75. The third-order valence-corrected chi connectivity index (χ3v) is 5.90. The van der Waals surface area contributed by atoms with E-state index in [-0.39, 0.29) is 13.2 Å². The van der Waals surface area contributed by atoms with Gasteiger partial charge in [0.15, 0.2) is 0 Å². The van der Waals surface area contributed by atoms with Gasteiger partial charge in [-0.15, -0.1) is 0 Å². The maximum atomic E-state index is 13.6. The molecule has 0 spiro atoms. The zero-order chi connectivity index (χ0) is 29.1. The third-order valence-electron chi connectivity index (χ3n) is 5.90. The molecule has 0 saturated heterocycles. The van der Waals surface area contributed by atoms with Crippen LogP contribution in [-0.4, -0.2) is 35.0 Å². The van der Waals surface area contributed by atoms with E-state index in [4.69, 9.17) is 14.2 Å². The van der Waals surface area contributed by atoms with E-state index in [0.29, 0.717) is 29.4 Å². The van der Waals surface area contributed by atoms with Gasteiger partial charge in [-0.25, -0.2) is 19.5 Å². The van der Waals surface area contributed by atoms with Crippen molar-refractivity contribution in [3.05, 3.63) is 90.1 Å². The Hall–Kier alpha value is -4.17. The highest BCUT2D eigenvalue weighted by atomic mass is 16.6. The highest BCUT2D eigenvalue weighted by Crippen LogP contribution is 2.42. The quantitative estimate of drug-likeness (QED) is 0.329. The largest absolute Gasteiger partial charge is 0.443 e. The zero-order valence-corrected chi connectivity index (χ0v) is 24.1. The zero-order valence-electron chi connectivity index (χ0n) is 24.1. The van der Waals surface area contributed by atoms with Gasteiger partial charge in [0.2, 0.25) is 0 Å². The first-order valence-corrected chi connectivity index (χ1v) is 13.2. The van der Waals surface area contributed by atoms with E-state index in [9.17, 15) is 9.59 Å². The first kappa shape index (κ1) is 28.8. The summed E-state index contributed by atoms with van der Waals surface area (Å²) in [6.45, 7) is 16.0. The van der Waals surface area contributed by atoms with Gasteiger partial charge in [0.1, 0.15) is 17.0 Å². The molecule has 0 bridgehead atoms. The minimum Gasteiger partial charge on any atom is -0.443 e. The van der Waals surface area contributed by atoms with Crippen molar-refractivity contribution in [1.29, 1.82) is 0 Å². The standard InChI is InChI=1S/C32H37N3O5/c1-22(20-38-21-23-12-9-8-10-13-23)24-15-16-26-27(18-24)34(29(36)39-31(2,3)4)19-25-14-11-17-33-28(25)35(26)30(37)40-32(5,6)7/h8-18H,1,19-21H2,2-7H3. The molecule has 2 heterocycles. The van der Waals surface area contributed by atoms with Gasteiger partial charge in [0.05, 0.1) is 31.1 Å². The molecule has 0 aliphatic carbocycles. The van der Waals surface area contributed by atoms with Gasteiger partial charge in [-0.3, -0.25) is 4.90 Å².